The molecule has 4 nitrogen and oxygen atoms in total. The maximum absolute atomic E-state index is 12.9. The Balaban J connectivity index is 3.14. The number of benzene rings is 1. The molecule has 0 saturated heterocycles. The zero-order chi connectivity index (χ0) is 13.0. The van der Waals surface area contributed by atoms with Gasteiger partial charge in [0, 0.05) is 25.9 Å². The molecule has 0 fully saturated rings. The van der Waals surface area contributed by atoms with Crippen molar-refractivity contribution in [2.45, 2.75) is 0 Å². The molecule has 0 aliphatic rings. The van der Waals surface area contributed by atoms with Crippen LogP contribution in [0.3, 0.4) is 0 Å². The highest BCUT2D eigenvalue weighted by molar-refractivity contribution is 6.23. The lowest BCUT2D eigenvalue weighted by Crippen LogP contribution is -2.16. The molecule has 0 bridgehead atoms. The van der Waals surface area contributed by atoms with E-state index in [2.05, 4.69) is 0 Å². The monoisotopic (exact) mass is 237 g/mol. The van der Waals surface area contributed by atoms with Crippen LogP contribution in [0.15, 0.2) is 36.0 Å². The van der Waals surface area contributed by atoms with Crippen LogP contribution in [-0.4, -0.2) is 35.9 Å². The molecule has 0 heterocycles. The number of rotatable bonds is 4. The van der Waals surface area contributed by atoms with Crippen LogP contribution in [0.2, 0.25) is 0 Å². The first-order chi connectivity index (χ1) is 7.91. The third-order valence-electron chi connectivity index (χ3n) is 1.95. The van der Waals surface area contributed by atoms with E-state index in [4.69, 9.17) is 5.11 Å². The molecule has 0 atom stereocenters. The number of aliphatic carboxylic acids is 1. The Morgan fingerprint density at radius 1 is 1.35 bits per heavy atom. The average Bonchev–Trinajstić information content (AvgIpc) is 2.24. The van der Waals surface area contributed by atoms with Gasteiger partial charge in [-0.05, 0) is 12.1 Å². The molecular weight excluding hydrogens is 225 g/mol. The number of nitrogens with zero attached hydrogens (tertiary/aromatic N) is 1. The second-order valence-corrected chi connectivity index (χ2v) is 3.65. The standard InChI is InChI=1S/C12H12FNO3/c1-14(2)7-10(12(16)17)11(15)8-4-3-5-9(13)6-8/h3-7H,1-2H3,(H,16,17). The summed E-state index contributed by atoms with van der Waals surface area (Å²) in [5, 5.41) is 8.91. The van der Waals surface area contributed by atoms with Crippen molar-refractivity contribution in [3.05, 3.63) is 47.4 Å². The van der Waals surface area contributed by atoms with E-state index in [0.717, 1.165) is 6.07 Å². The van der Waals surface area contributed by atoms with Crippen molar-refractivity contribution in [2.24, 2.45) is 0 Å². The van der Waals surface area contributed by atoms with Gasteiger partial charge in [-0.3, -0.25) is 4.79 Å². The highest BCUT2D eigenvalue weighted by atomic mass is 19.1. The van der Waals surface area contributed by atoms with E-state index >= 15 is 0 Å². The van der Waals surface area contributed by atoms with Crippen molar-refractivity contribution in [3.8, 4) is 0 Å². The first-order valence-corrected chi connectivity index (χ1v) is 4.83. The predicted octanol–water partition coefficient (Wildman–Crippen LogP) is 1.54. The number of carbonyl (C=O) groups is 2. The molecule has 0 aliphatic heterocycles. The first kappa shape index (κ1) is 12.9. The van der Waals surface area contributed by atoms with Crippen molar-refractivity contribution < 1.29 is 19.1 Å². The van der Waals surface area contributed by atoms with E-state index in [1.165, 1.54) is 29.3 Å². The summed E-state index contributed by atoms with van der Waals surface area (Å²) in [6.45, 7) is 0. The minimum Gasteiger partial charge on any atom is -0.477 e. The van der Waals surface area contributed by atoms with E-state index in [1.807, 2.05) is 0 Å². The summed E-state index contributed by atoms with van der Waals surface area (Å²) in [7, 11) is 3.20. The van der Waals surface area contributed by atoms with E-state index < -0.39 is 23.1 Å². The van der Waals surface area contributed by atoms with Gasteiger partial charge in [-0.25, -0.2) is 9.18 Å². The van der Waals surface area contributed by atoms with Gasteiger partial charge in [0.1, 0.15) is 11.4 Å². The van der Waals surface area contributed by atoms with Gasteiger partial charge in [-0.1, -0.05) is 12.1 Å². The Labute approximate surface area is 98.0 Å². The number of ketones is 1. The lowest BCUT2D eigenvalue weighted by atomic mass is 10.0. The molecule has 90 valence electrons. The maximum Gasteiger partial charge on any atom is 0.341 e. The van der Waals surface area contributed by atoms with Gasteiger partial charge in [0.25, 0.3) is 0 Å². The van der Waals surface area contributed by atoms with Crippen LogP contribution in [0.1, 0.15) is 10.4 Å². The summed E-state index contributed by atoms with van der Waals surface area (Å²) in [4.78, 5) is 24.2. The maximum atomic E-state index is 12.9. The highest BCUT2D eigenvalue weighted by Gasteiger charge is 2.19. The Hall–Kier alpha value is -2.17. The molecule has 0 spiro atoms. The van der Waals surface area contributed by atoms with Crippen molar-refractivity contribution in [3.63, 3.8) is 0 Å². The molecule has 17 heavy (non-hydrogen) atoms. The summed E-state index contributed by atoms with van der Waals surface area (Å²) in [6.07, 6.45) is 1.19. The summed E-state index contributed by atoms with van der Waals surface area (Å²) in [5.74, 6) is -2.64. The number of carboxylic acid groups (broad SMARTS) is 1. The van der Waals surface area contributed by atoms with Gasteiger partial charge in [-0.2, -0.15) is 0 Å². The van der Waals surface area contributed by atoms with E-state index in [9.17, 15) is 14.0 Å². The second kappa shape index (κ2) is 5.25. The third kappa shape index (κ3) is 3.41. The van der Waals surface area contributed by atoms with Gasteiger partial charge in [0.2, 0.25) is 5.78 Å². The number of Topliss-reactive ketones (excluding diaryl/α,β-unsaturated/α-hetero) is 1. The number of carbonyl (C=O) groups excluding carboxylic acids is 1. The minimum absolute atomic E-state index is 0.0144. The summed E-state index contributed by atoms with van der Waals surface area (Å²) >= 11 is 0. The zero-order valence-corrected chi connectivity index (χ0v) is 9.48. The second-order valence-electron chi connectivity index (χ2n) is 3.65. The van der Waals surface area contributed by atoms with Crippen molar-refractivity contribution in [1.29, 1.82) is 0 Å². The molecule has 1 aromatic rings. The van der Waals surface area contributed by atoms with Crippen LogP contribution in [0, 0.1) is 5.82 Å². The third-order valence-corrected chi connectivity index (χ3v) is 1.95. The highest BCUT2D eigenvalue weighted by Crippen LogP contribution is 2.11. The predicted molar refractivity (Wildman–Crippen MR) is 60.1 cm³/mol. The van der Waals surface area contributed by atoms with Crippen LogP contribution in [0.5, 0.6) is 0 Å². The topological polar surface area (TPSA) is 57.6 Å². The summed E-state index contributed by atoms with van der Waals surface area (Å²) in [6, 6.07) is 4.93. The molecule has 1 aromatic carbocycles. The van der Waals surface area contributed by atoms with E-state index in [0.29, 0.717) is 0 Å². The van der Waals surface area contributed by atoms with Gasteiger partial charge in [0.15, 0.2) is 0 Å². The SMILES string of the molecule is CN(C)C=C(C(=O)O)C(=O)c1cccc(F)c1. The quantitative estimate of drug-likeness (QED) is 0.373. The largest absolute Gasteiger partial charge is 0.477 e. The summed E-state index contributed by atoms with van der Waals surface area (Å²) < 4.78 is 12.9. The van der Waals surface area contributed by atoms with Gasteiger partial charge in [0.05, 0.1) is 0 Å². The molecule has 0 radical (unpaired) electrons. The molecule has 1 rings (SSSR count). The van der Waals surface area contributed by atoms with Gasteiger partial charge < -0.3 is 10.0 Å². The molecule has 0 aliphatic carbocycles. The lowest BCUT2D eigenvalue weighted by Gasteiger charge is -2.08. The lowest BCUT2D eigenvalue weighted by molar-refractivity contribution is -0.132. The molecule has 0 unspecified atom stereocenters. The number of hydrogen-bond acceptors (Lipinski definition) is 3. The van der Waals surface area contributed by atoms with Crippen molar-refractivity contribution >= 4 is 11.8 Å². The fourth-order valence-electron chi connectivity index (χ4n) is 1.25. The Morgan fingerprint density at radius 2 is 2.00 bits per heavy atom. The number of carboxylic acids is 1. The van der Waals surface area contributed by atoms with Crippen LogP contribution < -0.4 is 0 Å². The Morgan fingerprint density at radius 3 is 2.47 bits per heavy atom. The molecule has 0 saturated carbocycles. The van der Waals surface area contributed by atoms with Crippen LogP contribution in [0.25, 0.3) is 0 Å². The molecule has 5 heteroatoms. The van der Waals surface area contributed by atoms with Crippen LogP contribution >= 0.6 is 0 Å². The Bertz CT molecular complexity index is 480. The van der Waals surface area contributed by atoms with Crippen molar-refractivity contribution in [1.82, 2.24) is 4.90 Å². The first-order valence-electron chi connectivity index (χ1n) is 4.83. The molecule has 1 N–H and O–H groups in total. The summed E-state index contributed by atoms with van der Waals surface area (Å²) in [5.41, 5.74) is -0.388. The smallest absolute Gasteiger partial charge is 0.341 e. The zero-order valence-electron chi connectivity index (χ0n) is 9.48. The number of halogens is 1. The minimum atomic E-state index is -1.34. The Kier molecular flexibility index (Phi) is 3.98. The van der Waals surface area contributed by atoms with Gasteiger partial charge >= 0.3 is 5.97 Å². The number of hydrogen-bond donors (Lipinski definition) is 1. The van der Waals surface area contributed by atoms with Crippen molar-refractivity contribution in [2.75, 3.05) is 14.1 Å². The van der Waals surface area contributed by atoms with E-state index in [-0.39, 0.29) is 5.56 Å². The fraction of sp³-hybridized carbons (Fsp3) is 0.167. The van der Waals surface area contributed by atoms with Crippen LogP contribution in [0.4, 0.5) is 4.39 Å². The van der Waals surface area contributed by atoms with Crippen LogP contribution in [-0.2, 0) is 4.79 Å². The van der Waals surface area contributed by atoms with E-state index in [1.54, 1.807) is 14.1 Å². The molecule has 0 aromatic heterocycles. The normalized spacial score (nSPS) is 11.1. The molecular formula is C12H12FNO3. The molecule has 0 amide bonds. The fourth-order valence-corrected chi connectivity index (χ4v) is 1.25. The van der Waals surface area contributed by atoms with Gasteiger partial charge in [-0.15, -0.1) is 0 Å². The average molecular weight is 237 g/mol.